The Labute approximate surface area is 228 Å². The predicted molar refractivity (Wildman–Crippen MR) is 147 cm³/mol. The van der Waals surface area contributed by atoms with Gasteiger partial charge in [-0.15, -0.1) is 0 Å². The number of halogens is 3. The SMILES string of the molecule is Cc1nc(N2CCC(C3CCCN(C(C)C(=O)O)C3)CC2)nc(N[C@H](C)c2ccc(Cl)cc2Cl)c1Cl. The summed E-state index contributed by atoms with van der Waals surface area (Å²) in [5, 5.41) is 14.5. The van der Waals surface area contributed by atoms with Gasteiger partial charge in [0.15, 0.2) is 5.82 Å². The minimum absolute atomic E-state index is 0.123. The van der Waals surface area contributed by atoms with Gasteiger partial charge in [0.2, 0.25) is 5.95 Å². The Morgan fingerprint density at radius 2 is 1.81 bits per heavy atom. The van der Waals surface area contributed by atoms with Crippen LogP contribution in [-0.4, -0.2) is 58.2 Å². The molecule has 0 aliphatic carbocycles. The van der Waals surface area contributed by atoms with E-state index in [2.05, 4.69) is 20.1 Å². The summed E-state index contributed by atoms with van der Waals surface area (Å²) >= 11 is 19.0. The third-order valence-corrected chi connectivity index (χ3v) is 8.69. The van der Waals surface area contributed by atoms with Crippen molar-refractivity contribution < 1.29 is 9.90 Å². The van der Waals surface area contributed by atoms with Crippen LogP contribution in [0.2, 0.25) is 15.1 Å². The molecule has 4 rings (SSSR count). The number of benzene rings is 1. The summed E-state index contributed by atoms with van der Waals surface area (Å²) in [6, 6.07) is 4.90. The molecule has 0 spiro atoms. The molecule has 2 fully saturated rings. The first-order valence-corrected chi connectivity index (χ1v) is 13.7. The van der Waals surface area contributed by atoms with Crippen molar-refractivity contribution in [3.8, 4) is 0 Å². The van der Waals surface area contributed by atoms with Crippen LogP contribution in [0.25, 0.3) is 0 Å². The molecule has 0 bridgehead atoms. The van der Waals surface area contributed by atoms with Gasteiger partial charge < -0.3 is 15.3 Å². The maximum absolute atomic E-state index is 11.4. The molecule has 1 aromatic carbocycles. The standard InChI is InChI=1S/C26H34Cl3N5O2/c1-15(21-7-6-20(27)13-22(21)28)30-24-23(29)16(2)31-26(32-24)33-11-8-18(9-12-33)19-5-4-10-34(14-19)17(3)25(35)36/h6-7,13,15,17-19H,4-5,8-12,14H2,1-3H3,(H,35,36)(H,30,31,32)/t15-,17?,19?/m1/s1. The Kier molecular flexibility index (Phi) is 8.87. The van der Waals surface area contributed by atoms with Crippen LogP contribution in [0.15, 0.2) is 18.2 Å². The number of likely N-dealkylation sites (tertiary alicyclic amines) is 1. The quantitative estimate of drug-likeness (QED) is 0.414. The highest BCUT2D eigenvalue weighted by Gasteiger charge is 2.33. The van der Waals surface area contributed by atoms with E-state index in [1.54, 1.807) is 13.0 Å². The van der Waals surface area contributed by atoms with Crippen LogP contribution >= 0.6 is 34.8 Å². The average Bonchev–Trinajstić information content (AvgIpc) is 2.86. The van der Waals surface area contributed by atoms with Crippen LogP contribution in [0.5, 0.6) is 0 Å². The molecule has 36 heavy (non-hydrogen) atoms. The molecule has 3 atom stereocenters. The Morgan fingerprint density at radius 1 is 1.08 bits per heavy atom. The molecule has 3 heterocycles. The highest BCUT2D eigenvalue weighted by Crippen LogP contribution is 2.35. The minimum atomic E-state index is -0.738. The fraction of sp³-hybridized carbons (Fsp3) is 0.577. The van der Waals surface area contributed by atoms with Crippen LogP contribution in [0.1, 0.15) is 56.8 Å². The lowest BCUT2D eigenvalue weighted by atomic mass is 9.79. The summed E-state index contributed by atoms with van der Waals surface area (Å²) in [5.41, 5.74) is 1.64. The first kappa shape index (κ1) is 27.2. The summed E-state index contributed by atoms with van der Waals surface area (Å²) in [7, 11) is 0. The molecular weight excluding hydrogens is 521 g/mol. The number of hydrogen-bond donors (Lipinski definition) is 2. The van der Waals surface area contributed by atoms with Crippen LogP contribution in [0, 0.1) is 18.8 Å². The number of aryl methyl sites for hydroxylation is 1. The molecule has 0 saturated carbocycles. The van der Waals surface area contributed by atoms with Crippen molar-refractivity contribution in [2.45, 2.75) is 58.5 Å². The van der Waals surface area contributed by atoms with E-state index in [0.717, 1.165) is 56.7 Å². The molecule has 2 N–H and O–H groups in total. The topological polar surface area (TPSA) is 81.6 Å². The number of carboxylic acid groups (broad SMARTS) is 1. The van der Waals surface area contributed by atoms with Gasteiger partial charge in [0.1, 0.15) is 11.1 Å². The summed E-state index contributed by atoms with van der Waals surface area (Å²) in [4.78, 5) is 25.3. The number of carbonyl (C=O) groups is 1. The molecule has 2 unspecified atom stereocenters. The number of aromatic nitrogens is 2. The third-order valence-electron chi connectivity index (χ3n) is 7.67. The average molecular weight is 555 g/mol. The van der Waals surface area contributed by atoms with Gasteiger partial charge in [-0.3, -0.25) is 9.69 Å². The molecular formula is C26H34Cl3N5O2. The second-order valence-electron chi connectivity index (χ2n) is 10.0. The van der Waals surface area contributed by atoms with E-state index in [4.69, 9.17) is 39.8 Å². The first-order valence-electron chi connectivity index (χ1n) is 12.6. The van der Waals surface area contributed by atoms with E-state index in [-0.39, 0.29) is 6.04 Å². The summed E-state index contributed by atoms with van der Waals surface area (Å²) in [6.07, 6.45) is 4.32. The molecule has 10 heteroatoms. The number of nitrogens with zero attached hydrogens (tertiary/aromatic N) is 4. The molecule has 0 amide bonds. The van der Waals surface area contributed by atoms with Crippen molar-refractivity contribution in [2.75, 3.05) is 36.4 Å². The Hall–Kier alpha value is -1.80. The molecule has 196 valence electrons. The Balaban J connectivity index is 1.42. The predicted octanol–water partition coefficient (Wildman–Crippen LogP) is 6.32. The summed E-state index contributed by atoms with van der Waals surface area (Å²) < 4.78 is 0. The first-order chi connectivity index (χ1) is 17.1. The second-order valence-corrected chi connectivity index (χ2v) is 11.3. The van der Waals surface area contributed by atoms with Gasteiger partial charge in [0.25, 0.3) is 0 Å². The largest absolute Gasteiger partial charge is 0.480 e. The molecule has 2 aliphatic heterocycles. The number of anilines is 2. The van der Waals surface area contributed by atoms with E-state index in [9.17, 15) is 9.90 Å². The van der Waals surface area contributed by atoms with Crippen LogP contribution in [0.3, 0.4) is 0 Å². The number of hydrogen-bond acceptors (Lipinski definition) is 6. The van der Waals surface area contributed by atoms with E-state index >= 15 is 0 Å². The second kappa shape index (κ2) is 11.7. The fourth-order valence-corrected chi connectivity index (χ4v) is 6.13. The number of nitrogens with one attached hydrogen (secondary N) is 1. The van der Waals surface area contributed by atoms with Gasteiger partial charge in [-0.05, 0) is 82.5 Å². The molecule has 7 nitrogen and oxygen atoms in total. The van der Waals surface area contributed by atoms with Gasteiger partial charge >= 0.3 is 5.97 Å². The zero-order chi connectivity index (χ0) is 26.0. The van der Waals surface area contributed by atoms with Crippen LogP contribution < -0.4 is 10.2 Å². The Morgan fingerprint density at radius 3 is 2.47 bits per heavy atom. The highest BCUT2D eigenvalue weighted by molar-refractivity contribution is 6.35. The normalized spacial score (nSPS) is 21.3. The molecule has 0 radical (unpaired) electrons. The molecule has 1 aromatic heterocycles. The van der Waals surface area contributed by atoms with Gasteiger partial charge in [-0.1, -0.05) is 40.9 Å². The zero-order valence-corrected chi connectivity index (χ0v) is 23.2. The van der Waals surface area contributed by atoms with Gasteiger partial charge in [0, 0.05) is 29.7 Å². The summed E-state index contributed by atoms with van der Waals surface area (Å²) in [6.45, 7) is 9.17. The van der Waals surface area contributed by atoms with Crippen LogP contribution in [0.4, 0.5) is 11.8 Å². The summed E-state index contributed by atoms with van der Waals surface area (Å²) in [5.74, 6) is 1.65. The maximum atomic E-state index is 11.4. The van der Waals surface area contributed by atoms with E-state index in [1.807, 2.05) is 26.0 Å². The van der Waals surface area contributed by atoms with Crippen molar-refractivity contribution in [3.05, 3.63) is 44.5 Å². The molecule has 2 aliphatic rings. The van der Waals surface area contributed by atoms with Crippen molar-refractivity contribution in [3.63, 3.8) is 0 Å². The van der Waals surface area contributed by atoms with Crippen molar-refractivity contribution in [1.29, 1.82) is 0 Å². The van der Waals surface area contributed by atoms with Crippen molar-refractivity contribution >= 4 is 52.5 Å². The lowest BCUT2D eigenvalue weighted by Gasteiger charge is -2.42. The highest BCUT2D eigenvalue weighted by atomic mass is 35.5. The minimum Gasteiger partial charge on any atom is -0.480 e. The van der Waals surface area contributed by atoms with Crippen molar-refractivity contribution in [1.82, 2.24) is 14.9 Å². The van der Waals surface area contributed by atoms with Gasteiger partial charge in [-0.2, -0.15) is 4.98 Å². The van der Waals surface area contributed by atoms with Gasteiger partial charge in [0.05, 0.1) is 11.7 Å². The number of rotatable bonds is 7. The van der Waals surface area contributed by atoms with E-state index in [1.165, 1.54) is 6.42 Å². The number of aliphatic carboxylic acids is 1. The monoisotopic (exact) mass is 553 g/mol. The molecule has 2 aromatic rings. The van der Waals surface area contributed by atoms with Gasteiger partial charge in [-0.25, -0.2) is 4.98 Å². The number of piperidine rings is 2. The lowest BCUT2D eigenvalue weighted by Crippen LogP contribution is -2.48. The fourth-order valence-electron chi connectivity index (χ4n) is 5.42. The van der Waals surface area contributed by atoms with E-state index in [0.29, 0.717) is 38.7 Å². The third kappa shape index (κ3) is 6.18. The molecule has 2 saturated heterocycles. The van der Waals surface area contributed by atoms with E-state index < -0.39 is 12.0 Å². The lowest BCUT2D eigenvalue weighted by molar-refractivity contribution is -0.143. The zero-order valence-electron chi connectivity index (χ0n) is 21.0. The maximum Gasteiger partial charge on any atom is 0.320 e. The van der Waals surface area contributed by atoms with Crippen molar-refractivity contribution in [2.24, 2.45) is 11.8 Å². The Bertz CT molecular complexity index is 1090. The number of carboxylic acids is 1. The smallest absolute Gasteiger partial charge is 0.320 e. The van der Waals surface area contributed by atoms with Crippen LogP contribution in [-0.2, 0) is 4.79 Å².